The van der Waals surface area contributed by atoms with Gasteiger partial charge in [0.15, 0.2) is 18.1 Å². The molecule has 0 aliphatic carbocycles. The van der Waals surface area contributed by atoms with E-state index in [2.05, 4.69) is 12.2 Å². The van der Waals surface area contributed by atoms with Gasteiger partial charge in [0, 0.05) is 32.8 Å². The van der Waals surface area contributed by atoms with Crippen molar-refractivity contribution in [2.45, 2.75) is 105 Å². The molecule has 44 heavy (non-hydrogen) atoms. The highest BCUT2D eigenvalue weighted by Gasteiger charge is 2.29. The van der Waals surface area contributed by atoms with E-state index in [4.69, 9.17) is 23.7 Å². The summed E-state index contributed by atoms with van der Waals surface area (Å²) in [5.41, 5.74) is -0.576. The minimum absolute atomic E-state index is 0.00124. The maximum absolute atomic E-state index is 13.3. The molecule has 0 saturated carbocycles. The van der Waals surface area contributed by atoms with Crippen LogP contribution >= 0.6 is 0 Å². The number of amides is 3. The molecule has 12 heteroatoms. The Morgan fingerprint density at radius 2 is 1.70 bits per heavy atom. The van der Waals surface area contributed by atoms with Crippen LogP contribution in [0, 0.1) is 0 Å². The molecular weight excluding hydrogens is 570 g/mol. The smallest absolute Gasteiger partial charge is 0.481 e. The van der Waals surface area contributed by atoms with Crippen LogP contribution < -0.4 is 14.8 Å². The number of hydrogen-bond acceptors (Lipinski definition) is 9. The Bertz CT molecular complexity index is 1140. The number of benzene rings is 1. The fraction of sp³-hybridized carbons (Fsp3) is 0.688. The van der Waals surface area contributed by atoms with Gasteiger partial charge < -0.3 is 38.8 Å². The second-order valence-electron chi connectivity index (χ2n) is 12.9. The van der Waals surface area contributed by atoms with Gasteiger partial charge in [0.2, 0.25) is 5.91 Å². The van der Waals surface area contributed by atoms with E-state index >= 15 is 0 Å². The van der Waals surface area contributed by atoms with Gasteiger partial charge in [-0.3, -0.25) is 9.59 Å². The number of hydrogen-bond donors (Lipinski definition) is 1. The summed E-state index contributed by atoms with van der Waals surface area (Å²) in [7, 11) is 1.56. The third kappa shape index (κ3) is 12.2. The third-order valence-electron chi connectivity index (χ3n) is 6.66. The van der Waals surface area contributed by atoms with Crippen molar-refractivity contribution >= 4 is 29.8 Å². The standard InChI is InChI=1S/C32H51N3O9/c1-10-11-12-22(2)35(26(37)16-20-40-9)19-18-34(29(38)43-31(3,4)5)17-15-23-13-14-24(42-30(39)44-32(6,7)8)27-28(23)41-21-25(36)33-27/h13-14,22H,10-12,15-21H2,1-9H3,(H,33,36)/t22-/m1/s1. The van der Waals surface area contributed by atoms with Crippen molar-refractivity contribution < 1.29 is 42.9 Å². The summed E-state index contributed by atoms with van der Waals surface area (Å²) in [5, 5.41) is 2.72. The highest BCUT2D eigenvalue weighted by atomic mass is 16.7. The largest absolute Gasteiger partial charge is 0.514 e. The summed E-state index contributed by atoms with van der Waals surface area (Å²) in [6.45, 7) is 15.6. The van der Waals surface area contributed by atoms with Crippen LogP contribution in [0.1, 0.15) is 86.6 Å². The van der Waals surface area contributed by atoms with E-state index in [9.17, 15) is 19.2 Å². The number of nitrogens with one attached hydrogen (secondary N) is 1. The van der Waals surface area contributed by atoms with Gasteiger partial charge >= 0.3 is 12.2 Å². The zero-order valence-electron chi connectivity index (χ0n) is 27.9. The number of anilines is 1. The SMILES string of the molecule is CCCC[C@@H](C)N(CCN(CCc1ccc(OC(=O)OC(C)(C)C)c2c1OCC(=O)N2)C(=O)OC(C)(C)C)C(=O)CCOC. The molecule has 1 heterocycles. The highest BCUT2D eigenvalue weighted by Crippen LogP contribution is 2.40. The first-order valence-electron chi connectivity index (χ1n) is 15.3. The highest BCUT2D eigenvalue weighted by molar-refractivity contribution is 5.98. The molecule has 1 aromatic rings. The van der Waals surface area contributed by atoms with Crippen LogP contribution in [0.25, 0.3) is 0 Å². The fourth-order valence-electron chi connectivity index (χ4n) is 4.53. The van der Waals surface area contributed by atoms with E-state index in [1.54, 1.807) is 65.7 Å². The molecule has 1 N–H and O–H groups in total. The van der Waals surface area contributed by atoms with Gasteiger partial charge in [0.25, 0.3) is 5.91 Å². The van der Waals surface area contributed by atoms with Gasteiger partial charge in [0.05, 0.1) is 13.0 Å². The van der Waals surface area contributed by atoms with Crippen LogP contribution in [0.5, 0.6) is 11.5 Å². The van der Waals surface area contributed by atoms with Gasteiger partial charge in [-0.05, 0) is 72.9 Å². The zero-order chi connectivity index (χ0) is 33.1. The van der Waals surface area contributed by atoms with E-state index in [1.807, 2.05) is 11.8 Å². The first-order chi connectivity index (χ1) is 20.5. The Balaban J connectivity index is 2.29. The Kier molecular flexibility index (Phi) is 13.8. The lowest BCUT2D eigenvalue weighted by atomic mass is 10.1. The second kappa shape index (κ2) is 16.5. The lowest BCUT2D eigenvalue weighted by Gasteiger charge is -2.33. The first-order valence-corrected chi connectivity index (χ1v) is 15.3. The van der Waals surface area contributed by atoms with Crippen molar-refractivity contribution in [2.24, 2.45) is 0 Å². The number of carbonyl (C=O) groups is 4. The third-order valence-corrected chi connectivity index (χ3v) is 6.66. The van der Waals surface area contributed by atoms with E-state index in [0.717, 1.165) is 19.3 Å². The predicted octanol–water partition coefficient (Wildman–Crippen LogP) is 5.55. The Morgan fingerprint density at radius 1 is 1.02 bits per heavy atom. The van der Waals surface area contributed by atoms with Gasteiger partial charge in [-0.2, -0.15) is 0 Å². The minimum atomic E-state index is -0.916. The molecule has 0 unspecified atom stereocenters. The molecule has 0 aromatic heterocycles. The summed E-state index contributed by atoms with van der Waals surface area (Å²) in [6.07, 6.45) is 2.04. The molecule has 0 fully saturated rings. The second-order valence-corrected chi connectivity index (χ2v) is 12.9. The molecule has 0 saturated heterocycles. The van der Waals surface area contributed by atoms with Crippen molar-refractivity contribution in [3.8, 4) is 11.5 Å². The van der Waals surface area contributed by atoms with E-state index in [0.29, 0.717) is 30.9 Å². The monoisotopic (exact) mass is 621 g/mol. The molecule has 1 atom stereocenters. The van der Waals surface area contributed by atoms with Crippen molar-refractivity contribution in [2.75, 3.05) is 45.3 Å². The quantitative estimate of drug-likeness (QED) is 0.210. The number of methoxy groups -OCH3 is 1. The normalized spacial score (nSPS) is 13.6. The van der Waals surface area contributed by atoms with Gasteiger partial charge in [-0.1, -0.05) is 25.8 Å². The van der Waals surface area contributed by atoms with Crippen LogP contribution in [-0.4, -0.2) is 91.1 Å². The van der Waals surface area contributed by atoms with E-state index in [-0.39, 0.29) is 49.5 Å². The number of ether oxygens (including phenoxy) is 5. The minimum Gasteiger partial charge on any atom is -0.481 e. The molecule has 0 bridgehead atoms. The Hall–Kier alpha value is -3.54. The van der Waals surface area contributed by atoms with Crippen LogP contribution in [0.4, 0.5) is 15.3 Å². The number of rotatable bonds is 14. The lowest BCUT2D eigenvalue weighted by Crippen LogP contribution is -2.46. The number of carbonyl (C=O) groups excluding carboxylic acids is 4. The maximum Gasteiger partial charge on any atom is 0.514 e. The average Bonchev–Trinajstić information content (AvgIpc) is 2.91. The molecule has 1 aliphatic rings. The van der Waals surface area contributed by atoms with Crippen LogP contribution in [-0.2, 0) is 30.2 Å². The summed E-state index contributed by atoms with van der Waals surface area (Å²) < 4.78 is 27.2. The molecule has 12 nitrogen and oxygen atoms in total. The zero-order valence-corrected chi connectivity index (χ0v) is 27.9. The number of unbranched alkanes of at least 4 members (excludes halogenated alkanes) is 1. The lowest BCUT2D eigenvalue weighted by molar-refractivity contribution is -0.134. The number of fused-ring (bicyclic) bond motifs is 1. The van der Waals surface area contributed by atoms with Gasteiger partial charge in [0.1, 0.15) is 16.9 Å². The molecule has 2 rings (SSSR count). The van der Waals surface area contributed by atoms with Gasteiger partial charge in [-0.25, -0.2) is 9.59 Å². The number of nitrogens with zero attached hydrogens (tertiary/aromatic N) is 2. The van der Waals surface area contributed by atoms with Gasteiger partial charge in [-0.15, -0.1) is 0 Å². The van der Waals surface area contributed by atoms with Crippen LogP contribution in [0.15, 0.2) is 12.1 Å². The van der Waals surface area contributed by atoms with Crippen LogP contribution in [0.2, 0.25) is 0 Å². The molecule has 1 aromatic carbocycles. The van der Waals surface area contributed by atoms with Crippen molar-refractivity contribution in [1.82, 2.24) is 9.80 Å². The van der Waals surface area contributed by atoms with E-state index < -0.39 is 29.4 Å². The summed E-state index contributed by atoms with van der Waals surface area (Å²) in [4.78, 5) is 54.3. The van der Waals surface area contributed by atoms with Crippen molar-refractivity contribution in [3.63, 3.8) is 0 Å². The van der Waals surface area contributed by atoms with Crippen molar-refractivity contribution in [3.05, 3.63) is 17.7 Å². The fourth-order valence-corrected chi connectivity index (χ4v) is 4.53. The topological polar surface area (TPSA) is 133 Å². The molecule has 3 amide bonds. The molecule has 0 radical (unpaired) electrons. The summed E-state index contributed by atoms with van der Waals surface area (Å²) in [5.74, 6) is 0.00792. The average molecular weight is 622 g/mol. The van der Waals surface area contributed by atoms with Crippen molar-refractivity contribution in [1.29, 1.82) is 0 Å². The summed E-state index contributed by atoms with van der Waals surface area (Å²) in [6, 6.07) is 3.27. The summed E-state index contributed by atoms with van der Waals surface area (Å²) >= 11 is 0. The Morgan fingerprint density at radius 3 is 2.32 bits per heavy atom. The Labute approximate surface area is 261 Å². The van der Waals surface area contributed by atoms with E-state index in [1.165, 1.54) is 0 Å². The molecule has 248 valence electrons. The maximum atomic E-state index is 13.3. The van der Waals surface area contributed by atoms with Crippen LogP contribution in [0.3, 0.4) is 0 Å². The molecule has 1 aliphatic heterocycles. The predicted molar refractivity (Wildman–Crippen MR) is 166 cm³/mol. The first kappa shape index (κ1) is 36.7. The molecule has 0 spiro atoms. The molecular formula is C32H51N3O9.